The van der Waals surface area contributed by atoms with Crippen LogP contribution in [0.4, 0.5) is 23.2 Å². The van der Waals surface area contributed by atoms with Gasteiger partial charge in [0.05, 0.1) is 50.1 Å². The lowest BCUT2D eigenvalue weighted by atomic mass is 9.77. The fourth-order valence-corrected chi connectivity index (χ4v) is 12.1. The van der Waals surface area contributed by atoms with Crippen LogP contribution in [0.3, 0.4) is 0 Å². The van der Waals surface area contributed by atoms with E-state index in [2.05, 4.69) is 36.6 Å². The molecule has 0 radical (unpaired) electrons. The molecule has 6 aliphatic rings. The first kappa shape index (κ1) is 61.3. The van der Waals surface area contributed by atoms with Crippen LogP contribution >= 0.6 is 0 Å². The zero-order valence-corrected chi connectivity index (χ0v) is 47.2. The third kappa shape index (κ3) is 15.7. The Morgan fingerprint density at radius 1 is 0.783 bits per heavy atom. The van der Waals surface area contributed by atoms with Crippen molar-refractivity contribution >= 4 is 41.1 Å². The Morgan fingerprint density at radius 3 is 2.16 bits per heavy atom. The largest absolute Gasteiger partial charge is 0.490 e. The first-order valence-corrected chi connectivity index (χ1v) is 29.6. The molecule has 2 aliphatic heterocycles. The van der Waals surface area contributed by atoms with Crippen LogP contribution in [0.1, 0.15) is 150 Å². The number of nitrogens with zero attached hydrogens (tertiary/aromatic N) is 3. The Kier molecular flexibility index (Phi) is 20.7. The number of alkyl halides is 3. The molecular formula is C60H78F4N8O11. The molecule has 3 aromatic rings. The fraction of sp³-hybridized carbons (Fsp3) is 0.633. The van der Waals surface area contributed by atoms with Crippen LogP contribution in [-0.4, -0.2) is 145 Å². The fourth-order valence-electron chi connectivity index (χ4n) is 12.1. The monoisotopic (exact) mass is 1160 g/mol. The van der Waals surface area contributed by atoms with Crippen molar-refractivity contribution < 1.29 is 70.0 Å². The summed E-state index contributed by atoms with van der Waals surface area (Å²) in [6.45, 7) is 4.14. The summed E-state index contributed by atoms with van der Waals surface area (Å²) < 4.78 is 87.6. The van der Waals surface area contributed by atoms with Crippen molar-refractivity contribution in [2.75, 3.05) is 51.4 Å². The number of amides is 6. The predicted octanol–water partition coefficient (Wildman–Crippen LogP) is 7.16. The second-order valence-electron chi connectivity index (χ2n) is 23.1. The van der Waals surface area contributed by atoms with Crippen molar-refractivity contribution in [2.45, 2.75) is 177 Å². The summed E-state index contributed by atoms with van der Waals surface area (Å²) in [6, 6.07) is 9.94. The van der Waals surface area contributed by atoms with Gasteiger partial charge in [0.15, 0.2) is 5.60 Å². The molecule has 1 aromatic carbocycles. The smallest absolute Gasteiger partial charge is 0.417 e. The highest BCUT2D eigenvalue weighted by molar-refractivity contribution is 5.98. The lowest BCUT2D eigenvalue weighted by Crippen LogP contribution is -2.47. The molecular weight excluding hydrogens is 1080 g/mol. The van der Waals surface area contributed by atoms with E-state index in [4.69, 9.17) is 23.7 Å². The second kappa shape index (κ2) is 28.1. The molecule has 0 spiro atoms. The molecule has 0 bridgehead atoms. The van der Waals surface area contributed by atoms with Crippen molar-refractivity contribution in [3.8, 4) is 5.75 Å². The Balaban J connectivity index is 0.594. The first-order chi connectivity index (χ1) is 39.9. The molecule has 9 rings (SSSR count). The van der Waals surface area contributed by atoms with Gasteiger partial charge in [-0.25, -0.2) is 4.39 Å². The van der Waals surface area contributed by atoms with Gasteiger partial charge in [-0.2, -0.15) is 13.2 Å². The number of aromatic nitrogens is 2. The quantitative estimate of drug-likeness (QED) is 0.0397. The van der Waals surface area contributed by atoms with Crippen molar-refractivity contribution in [1.82, 2.24) is 36.1 Å². The Labute approximate surface area is 481 Å². The number of halogens is 4. The van der Waals surface area contributed by atoms with Gasteiger partial charge in [-0.1, -0.05) is 19.1 Å². The average Bonchev–Trinajstić information content (AvgIpc) is 3.04. The number of carbonyl (C=O) groups excluding carboxylic acids is 6. The Hall–Kier alpha value is -6.30. The van der Waals surface area contributed by atoms with Gasteiger partial charge in [0.25, 0.3) is 11.8 Å². The minimum absolute atomic E-state index is 0.000543. The highest BCUT2D eigenvalue weighted by atomic mass is 19.4. The summed E-state index contributed by atoms with van der Waals surface area (Å²) in [7, 11) is 0. The number of nitrogens with one attached hydrogen (secondary N) is 5. The molecule has 19 nitrogen and oxygen atoms in total. The zero-order chi connectivity index (χ0) is 58.7. The van der Waals surface area contributed by atoms with Gasteiger partial charge in [0.1, 0.15) is 23.4 Å². The number of hydrogen-bond donors (Lipinski definition) is 5. The van der Waals surface area contributed by atoms with E-state index >= 15 is 0 Å². The molecule has 23 heteroatoms. The third-order valence-electron chi connectivity index (χ3n) is 17.4. The van der Waals surface area contributed by atoms with Gasteiger partial charge >= 0.3 is 6.18 Å². The summed E-state index contributed by atoms with van der Waals surface area (Å²) in [5, 5.41) is 14.3. The molecule has 6 fully saturated rings. The summed E-state index contributed by atoms with van der Waals surface area (Å²) in [5.74, 6) is -5.37. The molecule has 83 heavy (non-hydrogen) atoms. The molecule has 4 aliphatic carbocycles. The number of carbonyl (C=O) groups is 6. The Bertz CT molecular complexity index is 2720. The number of ether oxygens (including phenoxy) is 5. The highest BCUT2D eigenvalue weighted by Crippen LogP contribution is 2.55. The van der Waals surface area contributed by atoms with Gasteiger partial charge in [0.2, 0.25) is 23.6 Å². The third-order valence-corrected chi connectivity index (χ3v) is 17.4. The van der Waals surface area contributed by atoms with Crippen molar-refractivity contribution in [3.05, 3.63) is 83.7 Å². The Morgan fingerprint density at radius 2 is 1.48 bits per heavy atom. The normalized spacial score (nSPS) is 27.3. The lowest BCUT2D eigenvalue weighted by molar-refractivity contribution is -0.272. The molecule has 2 saturated heterocycles. The molecule has 6 atom stereocenters. The predicted molar refractivity (Wildman–Crippen MR) is 294 cm³/mol. The standard InChI is InChI=1S/C60H78F4N8O11/c1-36-52(46-21-12-39(61)32-49(46)82-45-7-3-8-45)54(83-59(36,2)60(62,63)64)58(78)71-41-22-24-66-48(33-41)57(77)69-26-30-79-29-25-67-55(75)37-10-13-40(14-11-37)70-50(73)9-5-28-80-43-17-19-44(20-18-43)81-31-27-68-56(76)47-34-51(74)72(42-15-16-42)53(47)38-6-4-23-65-35-38/h4,6,12,21-24,32-33,35-37,40,42-45,47,52-54H,3,5,7-11,13-20,25-31,34H2,1-2H3,(H,67,75)(H,68,76)(H,69,77)(H,70,73)(H,66,71,78)/t36-,37?,40?,43?,44?,47-,52-,53+,54+,59+/m0/s1. The van der Waals surface area contributed by atoms with Gasteiger partial charge in [0, 0.05) is 105 Å². The summed E-state index contributed by atoms with van der Waals surface area (Å²) >= 11 is 0. The van der Waals surface area contributed by atoms with Gasteiger partial charge in [-0.3, -0.25) is 38.7 Å². The number of pyridine rings is 2. The van der Waals surface area contributed by atoms with Crippen molar-refractivity contribution in [2.24, 2.45) is 17.8 Å². The summed E-state index contributed by atoms with van der Waals surface area (Å²) in [5.41, 5.74) is -1.59. The molecule has 2 aromatic heterocycles. The maximum absolute atomic E-state index is 14.6. The minimum Gasteiger partial charge on any atom is -0.490 e. The van der Waals surface area contributed by atoms with E-state index in [1.165, 1.54) is 31.3 Å². The number of likely N-dealkylation sites (tertiary alicyclic amines) is 1. The molecule has 5 N–H and O–H groups in total. The number of benzene rings is 1. The first-order valence-electron chi connectivity index (χ1n) is 29.6. The molecule has 4 saturated carbocycles. The van der Waals surface area contributed by atoms with Crippen LogP contribution in [0.2, 0.25) is 0 Å². The number of rotatable bonds is 26. The van der Waals surface area contributed by atoms with Gasteiger partial charge in [-0.15, -0.1) is 0 Å². The maximum Gasteiger partial charge on any atom is 0.417 e. The average molecular weight is 1160 g/mol. The molecule has 4 heterocycles. The van der Waals surface area contributed by atoms with Crippen molar-refractivity contribution in [3.63, 3.8) is 0 Å². The van der Waals surface area contributed by atoms with E-state index in [1.54, 1.807) is 12.4 Å². The topological polar surface area (TPSA) is 238 Å². The maximum atomic E-state index is 14.6. The van der Waals surface area contributed by atoms with Crippen LogP contribution in [0.5, 0.6) is 5.75 Å². The van der Waals surface area contributed by atoms with E-state index in [0.717, 1.165) is 82.4 Å². The van der Waals surface area contributed by atoms with Crippen LogP contribution in [0.25, 0.3) is 0 Å². The molecule has 0 unspecified atom stereocenters. The number of anilines is 1. The minimum atomic E-state index is -4.85. The van der Waals surface area contributed by atoms with Gasteiger partial charge < -0.3 is 55.2 Å². The summed E-state index contributed by atoms with van der Waals surface area (Å²) in [4.78, 5) is 89.0. The second-order valence-corrected chi connectivity index (χ2v) is 23.1. The van der Waals surface area contributed by atoms with Crippen LogP contribution in [0, 0.1) is 23.6 Å². The van der Waals surface area contributed by atoms with Crippen LogP contribution < -0.4 is 31.3 Å². The van der Waals surface area contributed by atoms with E-state index < -0.39 is 53.3 Å². The highest BCUT2D eigenvalue weighted by Gasteiger charge is 2.66. The van der Waals surface area contributed by atoms with Crippen LogP contribution in [-0.2, 0) is 42.9 Å². The van der Waals surface area contributed by atoms with E-state index in [-0.39, 0.29) is 121 Å². The summed E-state index contributed by atoms with van der Waals surface area (Å²) in [6.07, 6.45) is 9.68. The van der Waals surface area contributed by atoms with Crippen LogP contribution in [0.15, 0.2) is 61.1 Å². The van der Waals surface area contributed by atoms with E-state index in [9.17, 15) is 46.3 Å². The SMILES string of the molecule is C[C@H]1[C@@H](c2ccc(F)cc2OC2CCC2)[C@H](C(=O)Nc2ccnc(C(=O)NCCOCCNC(=O)C3CCC(NC(=O)CCCOC4CCC(OCCNC(=O)[C@H]5CC(=O)N(C6CC6)[C@@H]5c5cccnc5)CC4)CC3)c2)O[C@@]1(C)C(F)(F)F. The van der Waals surface area contributed by atoms with Crippen molar-refractivity contribution in [1.29, 1.82) is 0 Å². The number of hydrogen-bond acceptors (Lipinski definition) is 13. The lowest BCUT2D eigenvalue weighted by Gasteiger charge is -2.32. The van der Waals surface area contributed by atoms with E-state index in [0.29, 0.717) is 58.3 Å². The molecule has 452 valence electrons. The van der Waals surface area contributed by atoms with Gasteiger partial charge in [-0.05, 0) is 127 Å². The van der Waals surface area contributed by atoms with E-state index in [1.807, 2.05) is 17.0 Å². The zero-order valence-electron chi connectivity index (χ0n) is 47.2. The molecule has 6 amide bonds.